The fourth-order valence-corrected chi connectivity index (χ4v) is 8.16. The zero-order valence-electron chi connectivity index (χ0n) is 29.2. The lowest BCUT2D eigenvalue weighted by Crippen LogP contribution is -2.14. The Balaban J connectivity index is 0.000000164. The largest absolute Gasteiger partial charge is 0.291 e. The van der Waals surface area contributed by atoms with Crippen LogP contribution in [0, 0.1) is 25.5 Å². The van der Waals surface area contributed by atoms with Gasteiger partial charge in [0.2, 0.25) is 20.0 Å². The number of anilines is 2. The van der Waals surface area contributed by atoms with Gasteiger partial charge < -0.3 is 0 Å². The van der Waals surface area contributed by atoms with E-state index in [0.29, 0.717) is 60.9 Å². The Labute approximate surface area is 309 Å². The van der Waals surface area contributed by atoms with Gasteiger partial charge in [0.1, 0.15) is 34.3 Å². The molecule has 0 saturated heterocycles. The molecule has 3 aromatic carbocycles. The van der Waals surface area contributed by atoms with Gasteiger partial charge in [0.15, 0.2) is 11.6 Å². The molecule has 1 aliphatic carbocycles. The Hall–Kier alpha value is -4.93. The van der Waals surface area contributed by atoms with Crippen molar-refractivity contribution >= 4 is 76.4 Å². The number of aromatic nitrogens is 6. The van der Waals surface area contributed by atoms with Crippen molar-refractivity contribution in [3.63, 3.8) is 0 Å². The molecular weight excluding hydrogens is 746 g/mol. The first-order valence-electron chi connectivity index (χ1n) is 16.7. The first kappa shape index (κ1) is 36.4. The van der Waals surface area contributed by atoms with Crippen LogP contribution < -0.4 is 9.44 Å². The van der Waals surface area contributed by atoms with Crippen LogP contribution >= 0.6 is 11.6 Å². The van der Waals surface area contributed by atoms with Gasteiger partial charge in [-0.2, -0.15) is 0 Å². The number of sulfonamides is 2. The lowest BCUT2D eigenvalue weighted by molar-refractivity contribution is 0.428. The lowest BCUT2D eigenvalue weighted by Gasteiger charge is -2.21. The van der Waals surface area contributed by atoms with E-state index in [2.05, 4.69) is 24.4 Å². The molecule has 12 nitrogen and oxygen atoms in total. The van der Waals surface area contributed by atoms with Crippen LogP contribution in [0.1, 0.15) is 55.2 Å². The molecule has 8 rings (SSSR count). The number of fused-ring (bicyclic) bond motifs is 6. The van der Waals surface area contributed by atoms with Gasteiger partial charge in [0, 0.05) is 23.6 Å². The van der Waals surface area contributed by atoms with Gasteiger partial charge in [0.05, 0.1) is 51.0 Å². The molecule has 2 N–H and O–H groups in total. The number of nitrogens with zero attached hydrogens (tertiary/aromatic N) is 6. The molecule has 0 amide bonds. The van der Waals surface area contributed by atoms with E-state index < -0.39 is 25.9 Å². The number of rotatable bonds is 6. The predicted molar refractivity (Wildman–Crippen MR) is 204 cm³/mol. The van der Waals surface area contributed by atoms with Gasteiger partial charge in [0.25, 0.3) is 0 Å². The predicted octanol–water partition coefficient (Wildman–Crippen LogP) is 7.77. The second-order valence-electron chi connectivity index (χ2n) is 13.2. The minimum atomic E-state index is -3.58. The van der Waals surface area contributed by atoms with Gasteiger partial charge in [-0.25, -0.2) is 45.6 Å². The van der Waals surface area contributed by atoms with E-state index in [4.69, 9.17) is 16.6 Å². The zero-order valence-corrected chi connectivity index (χ0v) is 31.5. The van der Waals surface area contributed by atoms with Crippen LogP contribution in [0.15, 0.2) is 60.7 Å². The molecular formula is C36H35ClF2N8O4S2. The molecule has 53 heavy (non-hydrogen) atoms. The zero-order chi connectivity index (χ0) is 37.8. The third-order valence-electron chi connectivity index (χ3n) is 9.05. The summed E-state index contributed by atoms with van der Waals surface area (Å²) < 4.78 is 83.6. The molecule has 0 bridgehead atoms. The van der Waals surface area contributed by atoms with E-state index in [-0.39, 0.29) is 23.4 Å². The van der Waals surface area contributed by atoms with Crippen LogP contribution in [0.4, 0.5) is 20.4 Å². The van der Waals surface area contributed by atoms with Crippen molar-refractivity contribution in [2.45, 2.75) is 51.9 Å². The molecule has 4 aromatic heterocycles. The number of aryl methyl sites for hydroxylation is 2. The number of nitrogens with one attached hydrogen (secondary N) is 2. The molecule has 1 saturated carbocycles. The first-order valence-corrected chi connectivity index (χ1v) is 20.9. The minimum Gasteiger partial charge on any atom is -0.291 e. The fourth-order valence-electron chi connectivity index (χ4n) is 6.95. The Morgan fingerprint density at radius 2 is 1.21 bits per heavy atom. The van der Waals surface area contributed by atoms with Gasteiger partial charge in [-0.3, -0.25) is 18.2 Å². The van der Waals surface area contributed by atoms with Crippen molar-refractivity contribution < 1.29 is 25.6 Å². The number of benzene rings is 3. The van der Waals surface area contributed by atoms with Crippen LogP contribution in [0.25, 0.3) is 44.5 Å². The summed E-state index contributed by atoms with van der Waals surface area (Å²) >= 11 is 6.34. The van der Waals surface area contributed by atoms with Crippen LogP contribution in [-0.2, 0) is 20.0 Å². The van der Waals surface area contributed by atoms with Crippen LogP contribution in [0.5, 0.6) is 0 Å². The molecule has 1 aliphatic rings. The normalized spacial score (nSPS) is 14.2. The first-order chi connectivity index (χ1) is 25.1. The molecule has 276 valence electrons. The molecule has 0 unspecified atom stereocenters. The van der Waals surface area contributed by atoms with E-state index in [1.165, 1.54) is 36.8 Å². The number of hydrogen-bond acceptors (Lipinski definition) is 8. The number of imidazole rings is 2. The standard InChI is InChI=1S/C18H14ClFN4O2S.C18H21FN4O2S/c1-10-16-17(23-27(2,25)26)22-14-8-7-11(20)9-15(14)24(16)18(21-10)12-5-3-4-6-13(12)19;1-11-16-17(22-26(2,24)25)21-14-9-8-13(19)10-15(14)23(16)18(20-11)12-6-4-3-5-7-12/h3-9H,1-2H3,(H,22,23);8-10,12H,3-7H2,1-2H3,(H,21,22). The fraction of sp³-hybridized carbons (Fsp3) is 0.278. The van der Waals surface area contributed by atoms with Crippen molar-refractivity contribution in [2.75, 3.05) is 22.0 Å². The second kappa shape index (κ2) is 13.8. The van der Waals surface area contributed by atoms with Crippen molar-refractivity contribution in [2.24, 2.45) is 0 Å². The molecule has 0 spiro atoms. The number of hydrogen-bond donors (Lipinski definition) is 2. The monoisotopic (exact) mass is 780 g/mol. The molecule has 7 aromatic rings. The van der Waals surface area contributed by atoms with Gasteiger partial charge in [-0.05, 0) is 63.1 Å². The van der Waals surface area contributed by atoms with Crippen molar-refractivity contribution in [1.29, 1.82) is 0 Å². The van der Waals surface area contributed by atoms with E-state index in [0.717, 1.165) is 44.0 Å². The van der Waals surface area contributed by atoms with Gasteiger partial charge in [-0.15, -0.1) is 0 Å². The highest BCUT2D eigenvalue weighted by molar-refractivity contribution is 7.92. The van der Waals surface area contributed by atoms with E-state index in [1.807, 2.05) is 17.4 Å². The SMILES string of the molecule is Cc1nc(-c2ccccc2Cl)n2c1c(NS(C)(=O)=O)nc1ccc(F)cc12.Cc1nc(C2CCCCC2)n2c1c(NS(C)(=O)=O)nc1ccc(F)cc12. The highest BCUT2D eigenvalue weighted by Crippen LogP contribution is 2.37. The summed E-state index contributed by atoms with van der Waals surface area (Å²) in [5, 5.41) is 0.475. The summed E-state index contributed by atoms with van der Waals surface area (Å²) in [5.74, 6) is 1.19. The van der Waals surface area contributed by atoms with Crippen LogP contribution in [0.2, 0.25) is 5.02 Å². The van der Waals surface area contributed by atoms with Crippen LogP contribution in [0.3, 0.4) is 0 Å². The molecule has 0 aliphatic heterocycles. The Morgan fingerprint density at radius 3 is 1.75 bits per heavy atom. The third-order valence-corrected chi connectivity index (χ3v) is 10.5. The topological polar surface area (TPSA) is 153 Å². The quantitative estimate of drug-likeness (QED) is 0.174. The second-order valence-corrected chi connectivity index (χ2v) is 17.1. The average molecular weight is 781 g/mol. The third kappa shape index (κ3) is 7.35. The summed E-state index contributed by atoms with van der Waals surface area (Å²) in [6.07, 6.45) is 7.71. The maximum atomic E-state index is 14.0. The summed E-state index contributed by atoms with van der Waals surface area (Å²) in [6.45, 7) is 3.57. The maximum absolute atomic E-state index is 14.0. The van der Waals surface area contributed by atoms with E-state index >= 15 is 0 Å². The molecule has 4 heterocycles. The summed E-state index contributed by atoms with van der Waals surface area (Å²) in [4.78, 5) is 18.1. The maximum Gasteiger partial charge on any atom is 0.231 e. The number of halogens is 3. The molecule has 0 radical (unpaired) electrons. The average Bonchev–Trinajstić information content (AvgIpc) is 3.63. The van der Waals surface area contributed by atoms with E-state index in [1.54, 1.807) is 35.6 Å². The smallest absolute Gasteiger partial charge is 0.231 e. The van der Waals surface area contributed by atoms with Crippen molar-refractivity contribution in [1.82, 2.24) is 28.7 Å². The highest BCUT2D eigenvalue weighted by Gasteiger charge is 2.26. The van der Waals surface area contributed by atoms with Gasteiger partial charge >= 0.3 is 0 Å². The lowest BCUT2D eigenvalue weighted by atomic mass is 9.89. The van der Waals surface area contributed by atoms with Gasteiger partial charge in [-0.1, -0.05) is 43.0 Å². The Kier molecular flexibility index (Phi) is 9.49. The molecule has 0 atom stereocenters. The van der Waals surface area contributed by atoms with Crippen LogP contribution in [-0.4, -0.2) is 58.1 Å². The van der Waals surface area contributed by atoms with Crippen molar-refractivity contribution in [3.05, 3.63) is 94.5 Å². The molecule has 1 fully saturated rings. The summed E-state index contributed by atoms with van der Waals surface area (Å²) in [5.41, 5.74) is 4.91. The highest BCUT2D eigenvalue weighted by atomic mass is 35.5. The van der Waals surface area contributed by atoms with Crippen molar-refractivity contribution in [3.8, 4) is 11.4 Å². The summed E-state index contributed by atoms with van der Waals surface area (Å²) in [7, 11) is -7.08. The minimum absolute atomic E-state index is 0.125. The Morgan fingerprint density at radius 1 is 0.698 bits per heavy atom. The van der Waals surface area contributed by atoms with E-state index in [9.17, 15) is 25.6 Å². The summed E-state index contributed by atoms with van der Waals surface area (Å²) in [6, 6.07) is 15.6. The Bertz CT molecular complexity index is 2800. The molecule has 17 heteroatoms.